The first kappa shape index (κ1) is 43.4. The Hall–Kier alpha value is -8.96. The van der Waals surface area contributed by atoms with Gasteiger partial charge in [-0.25, -0.2) is 0 Å². The van der Waals surface area contributed by atoms with E-state index in [-0.39, 0.29) is 10.8 Å². The predicted octanol–water partition coefficient (Wildman–Crippen LogP) is 19.6. The third kappa shape index (κ3) is 5.99. The Morgan fingerprint density at radius 3 is 1.20 bits per heavy atom. The minimum atomic E-state index is -0.0472. The quantitative estimate of drug-likeness (QED) is 0.168. The summed E-state index contributed by atoms with van der Waals surface area (Å²) >= 11 is 1.87. The lowest BCUT2D eigenvalue weighted by molar-refractivity contribution is 0.661. The summed E-state index contributed by atoms with van der Waals surface area (Å²) in [6.07, 6.45) is 0. The summed E-state index contributed by atoms with van der Waals surface area (Å²) in [4.78, 5) is 0. The van der Waals surface area contributed by atoms with Crippen molar-refractivity contribution in [1.82, 2.24) is 13.7 Å². The Morgan fingerprint density at radius 2 is 0.645 bits per heavy atom. The van der Waals surface area contributed by atoms with Crippen molar-refractivity contribution < 1.29 is 0 Å². The molecular weight excluding hydrogens is 939 g/mol. The first-order valence-corrected chi connectivity index (χ1v) is 27.4. The number of fused-ring (bicyclic) bond motifs is 18. The van der Waals surface area contributed by atoms with Gasteiger partial charge in [-0.15, -0.1) is 11.3 Å². The summed E-state index contributed by atoms with van der Waals surface area (Å²) in [7, 11) is 0. The number of nitrogens with zero attached hydrogens (tertiary/aromatic N) is 3. The van der Waals surface area contributed by atoms with Crippen LogP contribution in [0.3, 0.4) is 0 Å². The minimum absolute atomic E-state index is 0.0189. The van der Waals surface area contributed by atoms with Crippen LogP contribution in [0.1, 0.15) is 49.9 Å². The topological polar surface area (TPSA) is 14.8 Å². The third-order valence-electron chi connectivity index (χ3n) is 17.3. The molecule has 11 aromatic carbocycles. The summed E-state index contributed by atoms with van der Waals surface area (Å²) in [6.45, 7) is 9.45. The number of hydrogen-bond donors (Lipinski definition) is 0. The standard InChI is InChI=1S/C39H28N2.C33H23NS/c1-39(2)33-17-9-6-14-27(33)30-23-32-29-16-8-11-19-36(29)41(38(32)24-34(30)39)26-20-21-37-31(22-26)28-15-7-10-18-35(28)40(37)25-12-4-3-5-13-25;1-33(2)27-12-6-3-9-21(27)24-18-25-22-10-4-7-13-29(22)34(30(25)19-28(24)33)20-15-16-32-26(17-20)23-11-5-8-14-31(23)35-32/h3-24H,1-2H3;3-19H,1-2H3. The molecule has 360 valence electrons. The smallest absolute Gasteiger partial charge is 0.0544 e. The second-order valence-corrected chi connectivity index (χ2v) is 23.1. The van der Waals surface area contributed by atoms with E-state index in [0.29, 0.717) is 0 Å². The summed E-state index contributed by atoms with van der Waals surface area (Å²) in [5.41, 5.74) is 22.1. The van der Waals surface area contributed by atoms with Gasteiger partial charge in [0.25, 0.3) is 0 Å². The van der Waals surface area contributed by atoms with Gasteiger partial charge in [-0.2, -0.15) is 0 Å². The molecule has 4 heterocycles. The van der Waals surface area contributed by atoms with E-state index in [1.807, 2.05) is 11.3 Å². The van der Waals surface area contributed by atoms with Gasteiger partial charge in [0, 0.05) is 80.4 Å². The number of benzene rings is 11. The molecule has 0 bridgehead atoms. The Morgan fingerprint density at radius 1 is 0.250 bits per heavy atom. The highest BCUT2D eigenvalue weighted by atomic mass is 32.1. The second kappa shape index (κ2) is 15.8. The normalized spacial score (nSPS) is 14.0. The lowest BCUT2D eigenvalue weighted by Gasteiger charge is -2.21. The summed E-state index contributed by atoms with van der Waals surface area (Å²) in [5.74, 6) is 0. The van der Waals surface area contributed by atoms with Crippen molar-refractivity contribution in [2.75, 3.05) is 0 Å². The van der Waals surface area contributed by atoms with Gasteiger partial charge in [0.05, 0.1) is 33.1 Å². The Bertz CT molecular complexity index is 4940. The minimum Gasteiger partial charge on any atom is -0.309 e. The van der Waals surface area contributed by atoms with Crippen LogP contribution in [0.5, 0.6) is 0 Å². The Balaban J connectivity index is 0.000000130. The SMILES string of the molecule is CC1(C)c2ccccc2-c2cc3c4ccccc4n(-c4ccc5c(c4)c4ccccc4n5-c4ccccc4)c3cc21.CC1(C)c2ccccc2-c2cc3c4ccccc4n(-c4ccc5sc6ccccc6c5c4)c3cc21. The van der Waals surface area contributed by atoms with Gasteiger partial charge in [0.2, 0.25) is 0 Å². The lowest BCUT2D eigenvalue weighted by Crippen LogP contribution is -2.14. The van der Waals surface area contributed by atoms with Crippen molar-refractivity contribution in [3.8, 4) is 39.3 Å². The number of thiophene rings is 1. The maximum absolute atomic E-state index is 2.47. The maximum atomic E-state index is 2.47. The molecule has 0 amide bonds. The number of aromatic nitrogens is 3. The maximum Gasteiger partial charge on any atom is 0.0544 e. The van der Waals surface area contributed by atoms with Gasteiger partial charge < -0.3 is 13.7 Å². The summed E-state index contributed by atoms with van der Waals surface area (Å²) in [5, 5.41) is 10.4. The molecule has 0 fully saturated rings. The van der Waals surface area contributed by atoms with Gasteiger partial charge >= 0.3 is 0 Å². The molecule has 3 nitrogen and oxygen atoms in total. The molecule has 0 aliphatic heterocycles. The van der Waals surface area contributed by atoms with Crippen molar-refractivity contribution in [2.24, 2.45) is 0 Å². The molecular formula is C72H51N3S. The molecule has 76 heavy (non-hydrogen) atoms. The molecule has 0 N–H and O–H groups in total. The zero-order valence-electron chi connectivity index (χ0n) is 42.8. The van der Waals surface area contributed by atoms with Crippen LogP contribution in [0.15, 0.2) is 237 Å². The molecule has 0 saturated carbocycles. The number of hydrogen-bond acceptors (Lipinski definition) is 1. The van der Waals surface area contributed by atoms with Crippen molar-refractivity contribution in [3.63, 3.8) is 0 Å². The number of para-hydroxylation sites is 4. The molecule has 17 rings (SSSR count). The van der Waals surface area contributed by atoms with E-state index in [9.17, 15) is 0 Å². The lowest BCUT2D eigenvalue weighted by atomic mass is 9.82. The Labute approximate surface area is 444 Å². The summed E-state index contributed by atoms with van der Waals surface area (Å²) in [6, 6.07) is 87.4. The summed E-state index contributed by atoms with van der Waals surface area (Å²) < 4.78 is 10.0. The molecule has 4 heteroatoms. The van der Waals surface area contributed by atoms with Gasteiger partial charge in [-0.3, -0.25) is 0 Å². The molecule has 0 spiro atoms. The Kier molecular flexibility index (Phi) is 9.02. The fourth-order valence-electron chi connectivity index (χ4n) is 13.7. The first-order chi connectivity index (χ1) is 37.2. The average molecular weight is 990 g/mol. The molecule has 15 aromatic rings. The van der Waals surface area contributed by atoms with Crippen molar-refractivity contribution in [2.45, 2.75) is 38.5 Å². The van der Waals surface area contributed by atoms with Crippen LogP contribution in [0, 0.1) is 0 Å². The second-order valence-electron chi connectivity index (χ2n) is 22.0. The van der Waals surface area contributed by atoms with E-state index >= 15 is 0 Å². The van der Waals surface area contributed by atoms with Crippen LogP contribution in [0.2, 0.25) is 0 Å². The van der Waals surface area contributed by atoms with E-state index in [2.05, 4.69) is 278 Å². The number of rotatable bonds is 3. The van der Waals surface area contributed by atoms with E-state index < -0.39 is 0 Å². The monoisotopic (exact) mass is 989 g/mol. The highest BCUT2D eigenvalue weighted by Gasteiger charge is 2.37. The highest BCUT2D eigenvalue weighted by molar-refractivity contribution is 7.25. The van der Waals surface area contributed by atoms with Crippen LogP contribution in [-0.2, 0) is 10.8 Å². The van der Waals surface area contributed by atoms with Crippen LogP contribution < -0.4 is 0 Å². The zero-order valence-corrected chi connectivity index (χ0v) is 43.6. The molecule has 0 atom stereocenters. The zero-order chi connectivity index (χ0) is 50.6. The first-order valence-electron chi connectivity index (χ1n) is 26.6. The molecule has 0 saturated heterocycles. The van der Waals surface area contributed by atoms with E-state index in [1.165, 1.54) is 147 Å². The predicted molar refractivity (Wildman–Crippen MR) is 324 cm³/mol. The van der Waals surface area contributed by atoms with E-state index in [4.69, 9.17) is 0 Å². The molecule has 2 aliphatic carbocycles. The highest BCUT2D eigenvalue weighted by Crippen LogP contribution is 2.53. The van der Waals surface area contributed by atoms with Crippen LogP contribution in [0.25, 0.3) is 125 Å². The van der Waals surface area contributed by atoms with Gasteiger partial charge in [0.1, 0.15) is 0 Å². The van der Waals surface area contributed by atoms with Crippen LogP contribution in [-0.4, -0.2) is 13.7 Å². The van der Waals surface area contributed by atoms with Crippen molar-refractivity contribution in [3.05, 3.63) is 259 Å². The molecule has 0 unspecified atom stereocenters. The molecule has 0 radical (unpaired) electrons. The van der Waals surface area contributed by atoms with Crippen molar-refractivity contribution >= 4 is 96.9 Å². The largest absolute Gasteiger partial charge is 0.309 e. The fraction of sp³-hybridized carbons (Fsp3) is 0.0833. The van der Waals surface area contributed by atoms with Gasteiger partial charge in [-0.1, -0.05) is 167 Å². The van der Waals surface area contributed by atoms with Crippen LogP contribution >= 0.6 is 11.3 Å². The van der Waals surface area contributed by atoms with E-state index in [1.54, 1.807) is 0 Å². The van der Waals surface area contributed by atoms with Gasteiger partial charge in [-0.05, 0) is 142 Å². The average Bonchev–Trinajstić information content (AvgIpc) is 4.28. The molecule has 2 aliphatic rings. The van der Waals surface area contributed by atoms with Crippen molar-refractivity contribution in [1.29, 1.82) is 0 Å². The van der Waals surface area contributed by atoms with Gasteiger partial charge in [0.15, 0.2) is 0 Å². The van der Waals surface area contributed by atoms with E-state index in [0.717, 1.165) is 0 Å². The molecule has 4 aromatic heterocycles. The third-order valence-corrected chi connectivity index (χ3v) is 18.5. The fourth-order valence-corrected chi connectivity index (χ4v) is 14.8. The van der Waals surface area contributed by atoms with Crippen LogP contribution in [0.4, 0.5) is 0 Å².